The fourth-order valence-corrected chi connectivity index (χ4v) is 1.66. The Labute approximate surface area is 122 Å². The number of hydrogen-bond acceptors (Lipinski definition) is 5. The summed E-state index contributed by atoms with van der Waals surface area (Å²) in [5.74, 6) is -0.469. The van der Waals surface area contributed by atoms with Gasteiger partial charge in [0.05, 0.1) is 16.3 Å². The van der Waals surface area contributed by atoms with Crippen molar-refractivity contribution >= 4 is 17.5 Å². The van der Waals surface area contributed by atoms with Crippen LogP contribution in [0.4, 0.5) is 19.1 Å². The van der Waals surface area contributed by atoms with Crippen molar-refractivity contribution in [1.82, 2.24) is 15.0 Å². The number of halogens is 4. The van der Waals surface area contributed by atoms with Crippen molar-refractivity contribution in [2.24, 2.45) is 0 Å². The van der Waals surface area contributed by atoms with Crippen LogP contribution in [-0.4, -0.2) is 27.7 Å². The summed E-state index contributed by atoms with van der Waals surface area (Å²) in [6, 6.07) is 1.54. The van der Waals surface area contributed by atoms with Crippen LogP contribution in [0.2, 0.25) is 5.02 Å². The quantitative estimate of drug-likeness (QED) is 0.941. The maximum absolute atomic E-state index is 12.3. The minimum absolute atomic E-state index is 0.193. The van der Waals surface area contributed by atoms with Crippen molar-refractivity contribution in [3.63, 3.8) is 0 Å². The maximum Gasteiger partial charge on any atom is 0.422 e. The number of hydrogen-bond donors (Lipinski definition) is 1. The monoisotopic (exact) mass is 318 g/mol. The normalized spacial score (nSPS) is 11.5. The molecule has 0 atom stereocenters. The summed E-state index contributed by atoms with van der Waals surface area (Å²) >= 11 is 5.95. The van der Waals surface area contributed by atoms with Crippen LogP contribution >= 0.6 is 11.6 Å². The standard InChI is InChI=1S/C12H10ClF3N4O/c1-6-9(13)2-7(3-18-6)8-4-19-11(17)20-10(8)21-5-12(14,15)16/h2-4H,5H2,1H3,(H2,17,19,20). The summed E-state index contributed by atoms with van der Waals surface area (Å²) in [6.07, 6.45) is -1.78. The number of alkyl halides is 3. The first kappa shape index (κ1) is 15.3. The van der Waals surface area contributed by atoms with Gasteiger partial charge in [0.15, 0.2) is 6.61 Å². The Hall–Kier alpha value is -2.09. The molecule has 0 saturated carbocycles. The van der Waals surface area contributed by atoms with Crippen molar-refractivity contribution < 1.29 is 17.9 Å². The molecule has 0 radical (unpaired) electrons. The van der Waals surface area contributed by atoms with Crippen LogP contribution in [0.5, 0.6) is 5.88 Å². The van der Waals surface area contributed by atoms with E-state index in [-0.39, 0.29) is 17.4 Å². The Kier molecular flexibility index (Phi) is 4.17. The minimum atomic E-state index is -4.49. The second kappa shape index (κ2) is 5.72. The molecule has 0 amide bonds. The van der Waals surface area contributed by atoms with Gasteiger partial charge < -0.3 is 10.5 Å². The van der Waals surface area contributed by atoms with Crippen molar-refractivity contribution in [3.05, 3.63) is 29.2 Å². The van der Waals surface area contributed by atoms with Crippen LogP contribution in [0.15, 0.2) is 18.5 Å². The number of ether oxygens (including phenoxy) is 1. The third-order valence-corrected chi connectivity index (χ3v) is 2.86. The molecule has 2 aromatic rings. The lowest BCUT2D eigenvalue weighted by Crippen LogP contribution is -2.20. The number of nitrogen functional groups attached to an aromatic ring is 1. The molecule has 0 aromatic carbocycles. The largest absolute Gasteiger partial charge is 0.467 e. The van der Waals surface area contributed by atoms with Gasteiger partial charge in [-0.2, -0.15) is 18.2 Å². The van der Waals surface area contributed by atoms with E-state index in [1.807, 2.05) is 0 Å². The molecule has 2 rings (SSSR count). The number of anilines is 1. The lowest BCUT2D eigenvalue weighted by molar-refractivity contribution is -0.154. The molecule has 0 unspecified atom stereocenters. The molecule has 0 bridgehead atoms. The Balaban J connectivity index is 2.40. The molecule has 2 N–H and O–H groups in total. The molecule has 9 heteroatoms. The average Bonchev–Trinajstić information content (AvgIpc) is 2.39. The second-order valence-corrected chi connectivity index (χ2v) is 4.55. The Bertz CT molecular complexity index is 663. The van der Waals surface area contributed by atoms with Crippen LogP contribution in [0, 0.1) is 6.92 Å². The molecule has 0 aliphatic carbocycles. The second-order valence-electron chi connectivity index (χ2n) is 4.14. The molecular formula is C12H10ClF3N4O. The summed E-state index contributed by atoms with van der Waals surface area (Å²) in [5, 5.41) is 0.367. The lowest BCUT2D eigenvalue weighted by Gasteiger charge is -2.12. The van der Waals surface area contributed by atoms with Crippen LogP contribution in [0.3, 0.4) is 0 Å². The molecular weight excluding hydrogens is 309 g/mol. The van der Waals surface area contributed by atoms with Gasteiger partial charge in [0.2, 0.25) is 11.8 Å². The highest BCUT2D eigenvalue weighted by atomic mass is 35.5. The molecule has 21 heavy (non-hydrogen) atoms. The zero-order chi connectivity index (χ0) is 15.6. The molecule has 0 saturated heterocycles. The highest BCUT2D eigenvalue weighted by Gasteiger charge is 2.29. The van der Waals surface area contributed by atoms with E-state index in [0.717, 1.165) is 0 Å². The highest BCUT2D eigenvalue weighted by Crippen LogP contribution is 2.31. The topological polar surface area (TPSA) is 73.9 Å². The van der Waals surface area contributed by atoms with Crippen molar-refractivity contribution in [2.75, 3.05) is 12.3 Å². The first-order valence-electron chi connectivity index (χ1n) is 5.71. The number of nitrogens with two attached hydrogens (primary N) is 1. The third kappa shape index (κ3) is 3.94. The molecule has 2 heterocycles. The fourth-order valence-electron chi connectivity index (χ4n) is 1.49. The fraction of sp³-hybridized carbons (Fsp3) is 0.250. The first-order chi connectivity index (χ1) is 9.76. The summed E-state index contributed by atoms with van der Waals surface area (Å²) < 4.78 is 41.5. The van der Waals surface area contributed by atoms with Gasteiger partial charge in [-0.25, -0.2) is 4.98 Å². The zero-order valence-electron chi connectivity index (χ0n) is 10.8. The van der Waals surface area contributed by atoms with Gasteiger partial charge in [-0.15, -0.1) is 0 Å². The van der Waals surface area contributed by atoms with Crippen LogP contribution in [0.25, 0.3) is 11.1 Å². The highest BCUT2D eigenvalue weighted by molar-refractivity contribution is 6.31. The van der Waals surface area contributed by atoms with Crippen LogP contribution < -0.4 is 10.5 Å². The van der Waals surface area contributed by atoms with E-state index >= 15 is 0 Å². The van der Waals surface area contributed by atoms with E-state index in [4.69, 9.17) is 17.3 Å². The Morgan fingerprint density at radius 3 is 2.62 bits per heavy atom. The van der Waals surface area contributed by atoms with Gasteiger partial charge in [0.1, 0.15) is 0 Å². The van der Waals surface area contributed by atoms with E-state index in [1.165, 1.54) is 12.4 Å². The van der Waals surface area contributed by atoms with E-state index < -0.39 is 12.8 Å². The van der Waals surface area contributed by atoms with Crippen LogP contribution in [0.1, 0.15) is 5.69 Å². The predicted octanol–water partition coefficient (Wildman–Crippen LogP) is 3.02. The van der Waals surface area contributed by atoms with Gasteiger partial charge in [0, 0.05) is 18.0 Å². The Morgan fingerprint density at radius 2 is 2.00 bits per heavy atom. The molecule has 112 valence electrons. The average molecular weight is 319 g/mol. The number of aromatic nitrogens is 3. The van der Waals surface area contributed by atoms with Gasteiger partial charge in [-0.05, 0) is 13.0 Å². The van der Waals surface area contributed by atoms with Crippen molar-refractivity contribution in [3.8, 4) is 17.0 Å². The molecule has 0 aliphatic heterocycles. The molecule has 2 aromatic heterocycles. The number of rotatable bonds is 3. The van der Waals surface area contributed by atoms with Crippen molar-refractivity contribution in [2.45, 2.75) is 13.1 Å². The van der Waals surface area contributed by atoms with Gasteiger partial charge in [-0.3, -0.25) is 4.98 Å². The zero-order valence-corrected chi connectivity index (χ0v) is 11.5. The van der Waals surface area contributed by atoms with Gasteiger partial charge in [0.25, 0.3) is 0 Å². The number of nitrogens with zero attached hydrogens (tertiary/aromatic N) is 3. The molecule has 0 aliphatic rings. The lowest BCUT2D eigenvalue weighted by atomic mass is 10.1. The first-order valence-corrected chi connectivity index (χ1v) is 6.08. The van der Waals surface area contributed by atoms with Crippen LogP contribution in [-0.2, 0) is 0 Å². The van der Waals surface area contributed by atoms with E-state index in [9.17, 15) is 13.2 Å². The molecule has 0 spiro atoms. The van der Waals surface area contributed by atoms with E-state index in [1.54, 1.807) is 13.0 Å². The number of pyridine rings is 1. The van der Waals surface area contributed by atoms with E-state index in [0.29, 0.717) is 16.3 Å². The number of aryl methyl sites for hydroxylation is 1. The van der Waals surface area contributed by atoms with E-state index in [2.05, 4.69) is 19.7 Å². The van der Waals surface area contributed by atoms with Crippen molar-refractivity contribution in [1.29, 1.82) is 0 Å². The summed E-state index contributed by atoms with van der Waals surface area (Å²) in [7, 11) is 0. The molecule has 0 fully saturated rings. The third-order valence-electron chi connectivity index (χ3n) is 2.48. The predicted molar refractivity (Wildman–Crippen MR) is 71.0 cm³/mol. The smallest absolute Gasteiger partial charge is 0.422 e. The maximum atomic E-state index is 12.3. The summed E-state index contributed by atoms with van der Waals surface area (Å²) in [6.45, 7) is 0.218. The summed E-state index contributed by atoms with van der Waals surface area (Å²) in [5.41, 5.74) is 6.62. The van der Waals surface area contributed by atoms with Gasteiger partial charge in [-0.1, -0.05) is 11.6 Å². The minimum Gasteiger partial charge on any atom is -0.467 e. The Morgan fingerprint density at radius 1 is 1.29 bits per heavy atom. The van der Waals surface area contributed by atoms with Gasteiger partial charge >= 0.3 is 6.18 Å². The SMILES string of the molecule is Cc1ncc(-c2cnc(N)nc2OCC(F)(F)F)cc1Cl. The summed E-state index contributed by atoms with van der Waals surface area (Å²) in [4.78, 5) is 11.5. The molecule has 5 nitrogen and oxygen atoms in total.